The SMILES string of the molecule is CCOc1cc(/C=C2\SC(=S)N(NC(C)=O)C2=O)ccc1O. The number of rotatable bonds is 4. The zero-order valence-corrected chi connectivity index (χ0v) is 13.6. The summed E-state index contributed by atoms with van der Waals surface area (Å²) in [5.74, 6) is -0.393. The number of ether oxygens (including phenoxy) is 1. The molecule has 1 aromatic carbocycles. The second-order valence-electron chi connectivity index (χ2n) is 4.35. The zero-order chi connectivity index (χ0) is 16.3. The number of nitrogens with zero attached hydrogens (tertiary/aromatic N) is 1. The number of hydrogen-bond donors (Lipinski definition) is 2. The maximum Gasteiger partial charge on any atom is 0.285 e. The summed E-state index contributed by atoms with van der Waals surface area (Å²) in [6, 6.07) is 4.78. The topological polar surface area (TPSA) is 78.9 Å². The van der Waals surface area contributed by atoms with Crippen molar-refractivity contribution in [3.05, 3.63) is 28.7 Å². The average Bonchev–Trinajstić information content (AvgIpc) is 2.70. The molecule has 1 saturated heterocycles. The number of phenols is 1. The Morgan fingerprint density at radius 1 is 1.55 bits per heavy atom. The number of carbonyl (C=O) groups is 2. The summed E-state index contributed by atoms with van der Waals surface area (Å²) in [7, 11) is 0. The molecular weight excluding hydrogens is 324 g/mol. The average molecular weight is 338 g/mol. The van der Waals surface area contributed by atoms with Crippen LogP contribution in [0, 0.1) is 0 Å². The second kappa shape index (κ2) is 6.80. The Bertz CT molecular complexity index is 673. The van der Waals surface area contributed by atoms with Gasteiger partial charge in [0.05, 0.1) is 11.5 Å². The number of nitrogens with one attached hydrogen (secondary N) is 1. The monoisotopic (exact) mass is 338 g/mol. The van der Waals surface area contributed by atoms with Crippen LogP contribution in [0.2, 0.25) is 0 Å². The minimum absolute atomic E-state index is 0.0322. The fourth-order valence-electron chi connectivity index (χ4n) is 1.76. The molecule has 2 rings (SSSR count). The molecule has 0 unspecified atom stereocenters. The maximum atomic E-state index is 12.2. The van der Waals surface area contributed by atoms with Crippen molar-refractivity contribution < 1.29 is 19.4 Å². The third kappa shape index (κ3) is 3.58. The van der Waals surface area contributed by atoms with E-state index in [-0.39, 0.29) is 16.0 Å². The number of carbonyl (C=O) groups excluding carboxylic acids is 2. The van der Waals surface area contributed by atoms with Crippen LogP contribution in [0.5, 0.6) is 11.5 Å². The first kappa shape index (κ1) is 16.3. The molecule has 2 amide bonds. The predicted octanol–water partition coefficient (Wildman–Crippen LogP) is 2.04. The van der Waals surface area contributed by atoms with Crippen LogP contribution in [-0.4, -0.2) is 32.9 Å². The van der Waals surface area contributed by atoms with E-state index in [0.717, 1.165) is 16.8 Å². The molecule has 0 aromatic heterocycles. The highest BCUT2D eigenvalue weighted by Crippen LogP contribution is 2.33. The van der Waals surface area contributed by atoms with Gasteiger partial charge in [-0.05, 0) is 42.9 Å². The Morgan fingerprint density at radius 2 is 2.27 bits per heavy atom. The highest BCUT2D eigenvalue weighted by atomic mass is 32.2. The lowest BCUT2D eigenvalue weighted by atomic mass is 10.2. The lowest BCUT2D eigenvalue weighted by Crippen LogP contribution is -2.43. The molecule has 2 N–H and O–H groups in total. The summed E-state index contributed by atoms with van der Waals surface area (Å²) in [5, 5.41) is 10.7. The molecule has 0 atom stereocenters. The van der Waals surface area contributed by atoms with E-state index in [9.17, 15) is 14.7 Å². The summed E-state index contributed by atoms with van der Waals surface area (Å²) >= 11 is 6.16. The van der Waals surface area contributed by atoms with E-state index in [1.165, 1.54) is 13.0 Å². The third-order valence-electron chi connectivity index (χ3n) is 2.64. The number of phenolic OH excluding ortho intramolecular Hbond substituents is 1. The van der Waals surface area contributed by atoms with Crippen LogP contribution >= 0.6 is 24.0 Å². The van der Waals surface area contributed by atoms with Crippen molar-refractivity contribution in [3.8, 4) is 11.5 Å². The second-order valence-corrected chi connectivity index (χ2v) is 6.02. The van der Waals surface area contributed by atoms with Gasteiger partial charge in [-0.3, -0.25) is 15.0 Å². The fraction of sp³-hybridized carbons (Fsp3) is 0.214. The van der Waals surface area contributed by atoms with Gasteiger partial charge in [0.25, 0.3) is 5.91 Å². The van der Waals surface area contributed by atoms with Crippen molar-refractivity contribution in [2.24, 2.45) is 0 Å². The van der Waals surface area contributed by atoms with E-state index >= 15 is 0 Å². The number of benzene rings is 1. The van der Waals surface area contributed by atoms with Crippen LogP contribution in [0.1, 0.15) is 19.4 Å². The summed E-state index contributed by atoms with van der Waals surface area (Å²) in [4.78, 5) is 23.6. The Hall–Kier alpha value is -2.06. The first-order valence-corrected chi connectivity index (χ1v) is 7.66. The predicted molar refractivity (Wildman–Crippen MR) is 88.1 cm³/mol. The van der Waals surface area contributed by atoms with Crippen LogP contribution in [0.4, 0.5) is 0 Å². The third-order valence-corrected chi connectivity index (χ3v) is 3.95. The standard InChI is InChI=1S/C14H14N2O4S2/c1-3-20-11-6-9(4-5-10(11)18)7-12-13(19)16(14(21)22-12)15-8(2)17/h4-7,18H,3H2,1-2H3,(H,15,17)/b12-7-. The van der Waals surface area contributed by atoms with Gasteiger partial charge in [-0.25, -0.2) is 0 Å². The first-order chi connectivity index (χ1) is 10.4. The van der Waals surface area contributed by atoms with E-state index in [2.05, 4.69) is 5.43 Å². The highest BCUT2D eigenvalue weighted by molar-refractivity contribution is 8.26. The van der Waals surface area contributed by atoms with Gasteiger partial charge in [-0.15, -0.1) is 0 Å². The zero-order valence-electron chi connectivity index (χ0n) is 12.0. The molecule has 0 aliphatic carbocycles. The van der Waals surface area contributed by atoms with E-state index < -0.39 is 5.91 Å². The number of aromatic hydroxyl groups is 1. The van der Waals surface area contributed by atoms with Crippen molar-refractivity contribution in [2.75, 3.05) is 6.61 Å². The number of hydrogen-bond acceptors (Lipinski definition) is 6. The largest absolute Gasteiger partial charge is 0.504 e. The van der Waals surface area contributed by atoms with Gasteiger partial charge in [-0.1, -0.05) is 17.8 Å². The smallest absolute Gasteiger partial charge is 0.285 e. The van der Waals surface area contributed by atoms with Gasteiger partial charge in [0.15, 0.2) is 15.8 Å². The van der Waals surface area contributed by atoms with Gasteiger partial charge >= 0.3 is 0 Å². The maximum absolute atomic E-state index is 12.2. The van der Waals surface area contributed by atoms with Crippen LogP contribution in [0.15, 0.2) is 23.1 Å². The first-order valence-electron chi connectivity index (χ1n) is 6.43. The summed E-state index contributed by atoms with van der Waals surface area (Å²) in [5.41, 5.74) is 3.06. The summed E-state index contributed by atoms with van der Waals surface area (Å²) < 4.78 is 5.56. The molecule has 1 aliphatic heterocycles. The minimum Gasteiger partial charge on any atom is -0.504 e. The van der Waals surface area contributed by atoms with Gasteiger partial charge < -0.3 is 9.84 Å². The van der Waals surface area contributed by atoms with Crippen molar-refractivity contribution in [1.29, 1.82) is 0 Å². The molecule has 8 heteroatoms. The highest BCUT2D eigenvalue weighted by Gasteiger charge is 2.33. The molecular formula is C14H14N2O4S2. The molecule has 0 spiro atoms. The van der Waals surface area contributed by atoms with Crippen LogP contribution in [-0.2, 0) is 9.59 Å². The Balaban J connectivity index is 2.26. The van der Waals surface area contributed by atoms with Crippen molar-refractivity contribution in [3.63, 3.8) is 0 Å². The lowest BCUT2D eigenvalue weighted by Gasteiger charge is -2.13. The number of hydrazine groups is 1. The Morgan fingerprint density at radius 3 is 2.91 bits per heavy atom. The molecule has 0 bridgehead atoms. The summed E-state index contributed by atoms with van der Waals surface area (Å²) in [6.45, 7) is 3.53. The number of amides is 2. The normalized spacial score (nSPS) is 16.3. The van der Waals surface area contributed by atoms with Gasteiger partial charge in [0.1, 0.15) is 0 Å². The molecule has 1 fully saturated rings. The summed E-state index contributed by atoms with van der Waals surface area (Å²) in [6.07, 6.45) is 1.63. The van der Waals surface area contributed by atoms with E-state index in [0.29, 0.717) is 22.8 Å². The van der Waals surface area contributed by atoms with Crippen molar-refractivity contribution in [2.45, 2.75) is 13.8 Å². The van der Waals surface area contributed by atoms with Crippen molar-refractivity contribution >= 4 is 46.2 Å². The molecule has 1 heterocycles. The lowest BCUT2D eigenvalue weighted by molar-refractivity contribution is -0.131. The molecule has 1 aromatic rings. The van der Waals surface area contributed by atoms with E-state index in [4.69, 9.17) is 17.0 Å². The minimum atomic E-state index is -0.392. The Kier molecular flexibility index (Phi) is 5.04. The number of thiocarbonyl (C=S) groups is 1. The Labute approximate surface area is 137 Å². The number of thioether (sulfide) groups is 1. The van der Waals surface area contributed by atoms with E-state index in [1.807, 2.05) is 6.92 Å². The van der Waals surface area contributed by atoms with Gasteiger partial charge in [0, 0.05) is 6.92 Å². The van der Waals surface area contributed by atoms with Gasteiger partial charge in [0.2, 0.25) is 5.91 Å². The fourth-order valence-corrected chi connectivity index (χ4v) is 2.94. The van der Waals surface area contributed by atoms with Crippen LogP contribution in [0.25, 0.3) is 6.08 Å². The van der Waals surface area contributed by atoms with Crippen LogP contribution in [0.3, 0.4) is 0 Å². The molecule has 116 valence electrons. The molecule has 6 nitrogen and oxygen atoms in total. The van der Waals surface area contributed by atoms with E-state index in [1.54, 1.807) is 18.2 Å². The quantitative estimate of drug-likeness (QED) is 0.646. The molecule has 0 radical (unpaired) electrons. The molecule has 22 heavy (non-hydrogen) atoms. The van der Waals surface area contributed by atoms with Crippen LogP contribution < -0.4 is 10.2 Å². The molecule has 1 aliphatic rings. The van der Waals surface area contributed by atoms with Crippen molar-refractivity contribution in [1.82, 2.24) is 10.4 Å². The van der Waals surface area contributed by atoms with Gasteiger partial charge in [-0.2, -0.15) is 5.01 Å². The molecule has 0 saturated carbocycles.